The van der Waals surface area contributed by atoms with Gasteiger partial charge in [0.2, 0.25) is 0 Å². The molecule has 0 bridgehead atoms. The number of likely N-dealkylation sites (N-methyl/N-ethyl adjacent to an activating group) is 1. The first-order valence-electron chi connectivity index (χ1n) is 4.01. The zero-order chi connectivity index (χ0) is 10.7. The minimum atomic E-state index is -0.704. The van der Waals surface area contributed by atoms with E-state index in [1.807, 2.05) is 0 Å². The van der Waals surface area contributed by atoms with Crippen LogP contribution in [0.5, 0.6) is 0 Å². The molecule has 1 N–H and O–H groups in total. The number of carbonyl (C=O) groups excluding carboxylic acids is 1. The van der Waals surface area contributed by atoms with Gasteiger partial charge in [-0.15, -0.1) is 0 Å². The summed E-state index contributed by atoms with van der Waals surface area (Å²) in [6.45, 7) is 0.0208. The SMILES string of the molecule is CN(C)CC(=O)n1c(=O)cc[nH]c1=O. The molecular weight excluding hydrogens is 186 g/mol. The van der Waals surface area contributed by atoms with Crippen LogP contribution in [-0.4, -0.2) is 41.0 Å². The number of hydrogen-bond donors (Lipinski definition) is 1. The predicted octanol–water partition coefficient (Wildman–Crippen LogP) is -1.26. The highest BCUT2D eigenvalue weighted by molar-refractivity contribution is 5.80. The van der Waals surface area contributed by atoms with Crippen molar-refractivity contribution in [2.45, 2.75) is 0 Å². The molecule has 0 fully saturated rings. The summed E-state index contributed by atoms with van der Waals surface area (Å²) in [5.41, 5.74) is -1.31. The lowest BCUT2D eigenvalue weighted by Gasteiger charge is -2.08. The van der Waals surface area contributed by atoms with Gasteiger partial charge in [-0.1, -0.05) is 0 Å². The molecule has 0 aliphatic carbocycles. The van der Waals surface area contributed by atoms with Gasteiger partial charge >= 0.3 is 5.69 Å². The molecule has 0 amide bonds. The van der Waals surface area contributed by atoms with Crippen LogP contribution < -0.4 is 11.2 Å². The van der Waals surface area contributed by atoms with Crippen molar-refractivity contribution in [3.05, 3.63) is 33.1 Å². The van der Waals surface area contributed by atoms with E-state index in [-0.39, 0.29) is 6.54 Å². The van der Waals surface area contributed by atoms with E-state index in [1.54, 1.807) is 19.0 Å². The van der Waals surface area contributed by atoms with Gasteiger partial charge in [-0.3, -0.25) is 9.59 Å². The Labute approximate surface area is 79.8 Å². The largest absolute Gasteiger partial charge is 0.335 e. The van der Waals surface area contributed by atoms with E-state index in [2.05, 4.69) is 4.98 Å². The first kappa shape index (κ1) is 10.4. The van der Waals surface area contributed by atoms with Gasteiger partial charge in [-0.2, -0.15) is 4.57 Å². The number of nitrogens with one attached hydrogen (secondary N) is 1. The van der Waals surface area contributed by atoms with E-state index in [4.69, 9.17) is 0 Å². The van der Waals surface area contributed by atoms with Gasteiger partial charge in [-0.05, 0) is 14.1 Å². The molecule has 1 aromatic rings. The van der Waals surface area contributed by atoms with Crippen molar-refractivity contribution in [2.75, 3.05) is 20.6 Å². The van der Waals surface area contributed by atoms with Crippen LogP contribution in [-0.2, 0) is 0 Å². The van der Waals surface area contributed by atoms with Crippen molar-refractivity contribution in [1.29, 1.82) is 0 Å². The average Bonchev–Trinajstić information content (AvgIpc) is 2.01. The van der Waals surface area contributed by atoms with Gasteiger partial charge in [0.05, 0.1) is 6.54 Å². The number of H-pyrrole nitrogens is 1. The monoisotopic (exact) mass is 197 g/mol. The van der Waals surface area contributed by atoms with Crippen LogP contribution in [0.15, 0.2) is 21.9 Å². The van der Waals surface area contributed by atoms with E-state index in [0.29, 0.717) is 4.57 Å². The highest BCUT2D eigenvalue weighted by atomic mass is 16.2. The summed E-state index contributed by atoms with van der Waals surface area (Å²) in [5.74, 6) is -0.540. The quantitative estimate of drug-likeness (QED) is 0.642. The smallest absolute Gasteiger partial charge is 0.314 e. The molecular formula is C8H11N3O3. The number of aromatic amines is 1. The van der Waals surface area contributed by atoms with Crippen molar-refractivity contribution >= 4 is 5.91 Å². The first-order chi connectivity index (χ1) is 6.52. The Hall–Kier alpha value is -1.69. The van der Waals surface area contributed by atoms with Crippen LogP contribution in [0.1, 0.15) is 4.79 Å². The van der Waals surface area contributed by atoms with Crippen LogP contribution in [0.2, 0.25) is 0 Å². The van der Waals surface area contributed by atoms with Gasteiger partial charge in [0.15, 0.2) is 0 Å². The Morgan fingerprint density at radius 1 is 1.50 bits per heavy atom. The van der Waals surface area contributed by atoms with Gasteiger partial charge in [0, 0.05) is 12.3 Å². The summed E-state index contributed by atoms with van der Waals surface area (Å²) in [4.78, 5) is 37.5. The fraction of sp³-hybridized carbons (Fsp3) is 0.375. The Balaban J connectivity index is 3.13. The Bertz CT molecular complexity index is 415. The maximum absolute atomic E-state index is 11.4. The van der Waals surface area contributed by atoms with Crippen molar-refractivity contribution in [2.24, 2.45) is 0 Å². The lowest BCUT2D eigenvalue weighted by Crippen LogP contribution is -2.42. The zero-order valence-electron chi connectivity index (χ0n) is 7.98. The number of rotatable bonds is 2. The molecule has 1 aromatic heterocycles. The van der Waals surface area contributed by atoms with Crippen LogP contribution in [0.3, 0.4) is 0 Å². The summed E-state index contributed by atoms with van der Waals surface area (Å²) >= 11 is 0. The van der Waals surface area contributed by atoms with Crippen molar-refractivity contribution in [1.82, 2.24) is 14.5 Å². The van der Waals surface area contributed by atoms with Crippen LogP contribution in [0.4, 0.5) is 0 Å². The summed E-state index contributed by atoms with van der Waals surface area (Å²) in [7, 11) is 3.36. The maximum Gasteiger partial charge on any atom is 0.335 e. The Morgan fingerprint density at radius 3 is 2.64 bits per heavy atom. The van der Waals surface area contributed by atoms with Crippen molar-refractivity contribution in [3.8, 4) is 0 Å². The molecule has 0 saturated carbocycles. The summed E-state index contributed by atoms with van der Waals surface area (Å²) in [5, 5.41) is 0. The zero-order valence-corrected chi connectivity index (χ0v) is 7.98. The van der Waals surface area contributed by atoms with E-state index in [9.17, 15) is 14.4 Å². The predicted molar refractivity (Wildman–Crippen MR) is 50.5 cm³/mol. The molecule has 1 rings (SSSR count). The third kappa shape index (κ3) is 2.17. The minimum Gasteiger partial charge on any atom is -0.314 e. The van der Waals surface area contributed by atoms with Gasteiger partial charge in [0.25, 0.3) is 11.5 Å². The molecule has 1 heterocycles. The average molecular weight is 197 g/mol. The second-order valence-corrected chi connectivity index (χ2v) is 3.09. The van der Waals surface area contributed by atoms with Crippen LogP contribution in [0, 0.1) is 0 Å². The highest BCUT2D eigenvalue weighted by Crippen LogP contribution is 1.78. The van der Waals surface area contributed by atoms with E-state index in [1.165, 1.54) is 6.20 Å². The molecule has 0 saturated heterocycles. The number of nitrogens with zero attached hydrogens (tertiary/aromatic N) is 2. The second-order valence-electron chi connectivity index (χ2n) is 3.09. The molecule has 0 radical (unpaired) electrons. The second kappa shape index (κ2) is 4.01. The van der Waals surface area contributed by atoms with Gasteiger partial charge in [-0.25, -0.2) is 4.79 Å². The lowest BCUT2D eigenvalue weighted by atomic mass is 10.5. The van der Waals surface area contributed by atoms with Crippen LogP contribution in [0.25, 0.3) is 0 Å². The van der Waals surface area contributed by atoms with Crippen molar-refractivity contribution < 1.29 is 4.79 Å². The molecule has 0 aliphatic heterocycles. The molecule has 6 nitrogen and oxygen atoms in total. The maximum atomic E-state index is 11.4. The summed E-state index contributed by atoms with van der Waals surface area (Å²) in [6, 6.07) is 1.13. The van der Waals surface area contributed by atoms with Gasteiger partial charge in [0.1, 0.15) is 0 Å². The lowest BCUT2D eigenvalue weighted by molar-refractivity contribution is 0.0866. The molecule has 0 unspecified atom stereocenters. The number of carbonyl (C=O) groups is 1. The molecule has 0 aliphatic rings. The van der Waals surface area contributed by atoms with Crippen LogP contribution >= 0.6 is 0 Å². The third-order valence-electron chi connectivity index (χ3n) is 1.56. The Kier molecular flexibility index (Phi) is 2.98. The van der Waals surface area contributed by atoms with Crippen molar-refractivity contribution in [3.63, 3.8) is 0 Å². The number of aromatic nitrogens is 2. The minimum absolute atomic E-state index is 0.0208. The molecule has 0 atom stereocenters. The fourth-order valence-electron chi connectivity index (χ4n) is 1.00. The first-order valence-corrected chi connectivity index (χ1v) is 4.01. The molecule has 0 spiro atoms. The fourth-order valence-corrected chi connectivity index (χ4v) is 1.00. The Morgan fingerprint density at radius 2 is 2.14 bits per heavy atom. The van der Waals surface area contributed by atoms with E-state index >= 15 is 0 Å². The number of hydrogen-bond acceptors (Lipinski definition) is 4. The normalized spacial score (nSPS) is 10.5. The molecule has 6 heteroatoms. The van der Waals surface area contributed by atoms with Gasteiger partial charge < -0.3 is 9.88 Å². The van der Waals surface area contributed by atoms with E-state index < -0.39 is 17.2 Å². The molecule has 76 valence electrons. The third-order valence-corrected chi connectivity index (χ3v) is 1.56. The molecule has 0 aromatic carbocycles. The highest BCUT2D eigenvalue weighted by Gasteiger charge is 2.10. The standard InChI is InChI=1S/C8H11N3O3/c1-10(2)5-7(13)11-6(12)3-4-9-8(11)14/h3-4H,5H2,1-2H3,(H,9,14). The molecule has 14 heavy (non-hydrogen) atoms. The van der Waals surface area contributed by atoms with E-state index in [0.717, 1.165) is 6.07 Å². The topological polar surface area (TPSA) is 75.2 Å². The summed E-state index contributed by atoms with van der Waals surface area (Å²) < 4.78 is 0.583. The summed E-state index contributed by atoms with van der Waals surface area (Å²) in [6.07, 6.45) is 1.21.